The lowest BCUT2D eigenvalue weighted by molar-refractivity contribution is 0.0742. The second-order valence-electron chi connectivity index (χ2n) is 6.09. The second-order valence-corrected chi connectivity index (χ2v) is 6.09. The molecule has 1 amide bonds. The van der Waals surface area contributed by atoms with Gasteiger partial charge >= 0.3 is 0 Å². The molecule has 1 saturated carbocycles. The topological polar surface area (TPSA) is 58.1 Å². The zero-order valence-corrected chi connectivity index (χ0v) is 13.5. The zero-order valence-electron chi connectivity index (χ0n) is 13.5. The molecule has 2 rings (SSSR count). The molecule has 0 aromatic carbocycles. The number of hydrogen-bond donors (Lipinski definition) is 1. The molecule has 1 aromatic rings. The molecule has 116 valence electrons. The van der Waals surface area contributed by atoms with Crippen molar-refractivity contribution in [3.63, 3.8) is 0 Å². The van der Waals surface area contributed by atoms with E-state index in [1.807, 2.05) is 18.7 Å². The Bertz CT molecular complexity index is 497. The quantitative estimate of drug-likeness (QED) is 0.839. The van der Waals surface area contributed by atoms with Gasteiger partial charge in [0.25, 0.3) is 5.91 Å². The molecule has 1 aromatic heterocycles. The normalized spacial score (nSPS) is 14.3. The third-order valence-corrected chi connectivity index (χ3v) is 3.75. The van der Waals surface area contributed by atoms with Gasteiger partial charge in [0.05, 0.1) is 11.9 Å². The highest BCUT2D eigenvalue weighted by Crippen LogP contribution is 2.30. The first kappa shape index (κ1) is 15.7. The van der Waals surface area contributed by atoms with E-state index in [4.69, 9.17) is 0 Å². The van der Waals surface area contributed by atoms with Crippen molar-refractivity contribution in [3.05, 3.63) is 17.7 Å². The number of rotatable bonds is 7. The van der Waals surface area contributed by atoms with Gasteiger partial charge in [-0.3, -0.25) is 4.79 Å². The van der Waals surface area contributed by atoms with E-state index in [0.717, 1.165) is 25.3 Å². The lowest BCUT2D eigenvalue weighted by Gasteiger charge is -2.23. The first-order valence-corrected chi connectivity index (χ1v) is 7.90. The summed E-state index contributed by atoms with van der Waals surface area (Å²) >= 11 is 0. The van der Waals surface area contributed by atoms with Crippen LogP contribution in [0.4, 0.5) is 5.69 Å². The summed E-state index contributed by atoms with van der Waals surface area (Å²) < 4.78 is 0. The highest BCUT2D eigenvalue weighted by Gasteiger charge is 2.28. The molecule has 0 spiro atoms. The Morgan fingerprint density at radius 1 is 1.48 bits per heavy atom. The van der Waals surface area contributed by atoms with Gasteiger partial charge in [0, 0.05) is 26.1 Å². The maximum atomic E-state index is 12.8. The maximum Gasteiger partial charge on any atom is 0.274 e. The Morgan fingerprint density at radius 2 is 2.19 bits per heavy atom. The molecule has 1 aliphatic rings. The van der Waals surface area contributed by atoms with Crippen molar-refractivity contribution >= 4 is 11.6 Å². The fourth-order valence-corrected chi connectivity index (χ4v) is 2.33. The molecular weight excluding hydrogens is 264 g/mol. The Balaban J connectivity index is 2.27. The molecule has 0 aliphatic heterocycles. The molecule has 0 radical (unpaired) electrons. The first-order chi connectivity index (χ1) is 10.1. The fourth-order valence-electron chi connectivity index (χ4n) is 2.33. The van der Waals surface area contributed by atoms with Gasteiger partial charge in [-0.1, -0.05) is 20.8 Å². The summed E-state index contributed by atoms with van der Waals surface area (Å²) in [5.74, 6) is 1.65. The van der Waals surface area contributed by atoms with Crippen molar-refractivity contribution < 1.29 is 4.79 Å². The van der Waals surface area contributed by atoms with Crippen LogP contribution in [0, 0.1) is 5.92 Å². The highest BCUT2D eigenvalue weighted by atomic mass is 16.2. The lowest BCUT2D eigenvalue weighted by atomic mass is 10.2. The fraction of sp³-hybridized carbons (Fsp3) is 0.688. The van der Waals surface area contributed by atoms with Gasteiger partial charge < -0.3 is 10.2 Å². The van der Waals surface area contributed by atoms with Crippen molar-refractivity contribution in [1.82, 2.24) is 14.9 Å². The number of hydrogen-bond acceptors (Lipinski definition) is 4. The summed E-state index contributed by atoms with van der Waals surface area (Å²) in [5, 5.41) is 3.04. The van der Waals surface area contributed by atoms with E-state index >= 15 is 0 Å². The lowest BCUT2D eigenvalue weighted by Crippen LogP contribution is -2.35. The Kier molecular flexibility index (Phi) is 5.15. The van der Waals surface area contributed by atoms with Crippen LogP contribution in [-0.4, -0.2) is 40.9 Å². The van der Waals surface area contributed by atoms with Crippen LogP contribution in [0.15, 0.2) is 6.20 Å². The average molecular weight is 290 g/mol. The zero-order chi connectivity index (χ0) is 15.4. The predicted molar refractivity (Wildman–Crippen MR) is 84.6 cm³/mol. The van der Waals surface area contributed by atoms with Crippen molar-refractivity contribution in [1.29, 1.82) is 0 Å². The molecule has 21 heavy (non-hydrogen) atoms. The van der Waals surface area contributed by atoms with Crippen LogP contribution >= 0.6 is 0 Å². The first-order valence-electron chi connectivity index (χ1n) is 7.90. The molecule has 1 N–H and O–H groups in total. The van der Waals surface area contributed by atoms with Gasteiger partial charge in [-0.25, -0.2) is 9.97 Å². The van der Waals surface area contributed by atoms with Crippen molar-refractivity contribution in [2.75, 3.05) is 25.5 Å². The molecule has 1 aliphatic carbocycles. The van der Waals surface area contributed by atoms with Gasteiger partial charge in [0.1, 0.15) is 5.82 Å². The molecule has 0 saturated heterocycles. The van der Waals surface area contributed by atoms with Crippen LogP contribution in [-0.2, 0) is 0 Å². The summed E-state index contributed by atoms with van der Waals surface area (Å²) in [7, 11) is 1.80. The number of carbonyl (C=O) groups is 1. The largest absolute Gasteiger partial charge is 0.385 e. The second kappa shape index (κ2) is 6.87. The van der Waals surface area contributed by atoms with Crippen molar-refractivity contribution in [3.8, 4) is 0 Å². The monoisotopic (exact) mass is 290 g/mol. The summed E-state index contributed by atoms with van der Waals surface area (Å²) in [6.07, 6.45) is 5.17. The summed E-state index contributed by atoms with van der Waals surface area (Å²) in [5.41, 5.74) is 1.21. The van der Waals surface area contributed by atoms with Gasteiger partial charge in [0.15, 0.2) is 5.69 Å². The van der Waals surface area contributed by atoms with Gasteiger partial charge in [-0.05, 0) is 25.2 Å². The smallest absolute Gasteiger partial charge is 0.274 e. The molecule has 1 heterocycles. The van der Waals surface area contributed by atoms with Crippen LogP contribution in [0.5, 0.6) is 0 Å². The third kappa shape index (κ3) is 3.93. The van der Waals surface area contributed by atoms with Crippen LogP contribution < -0.4 is 5.32 Å². The summed E-state index contributed by atoms with van der Waals surface area (Å²) in [4.78, 5) is 23.6. The maximum absolute atomic E-state index is 12.8. The molecule has 0 bridgehead atoms. The number of anilines is 1. The van der Waals surface area contributed by atoms with Crippen molar-refractivity contribution in [2.45, 2.75) is 46.0 Å². The van der Waals surface area contributed by atoms with Gasteiger partial charge in [-0.2, -0.15) is 0 Å². The summed E-state index contributed by atoms with van der Waals surface area (Å²) in [6.45, 7) is 7.83. The third-order valence-electron chi connectivity index (χ3n) is 3.75. The van der Waals surface area contributed by atoms with Crippen LogP contribution in [0.2, 0.25) is 0 Å². The number of nitrogens with zero attached hydrogens (tertiary/aromatic N) is 3. The number of nitrogens with one attached hydrogen (secondary N) is 1. The van der Waals surface area contributed by atoms with E-state index < -0.39 is 0 Å². The SMILES string of the molecule is CCCN(CC1CC1)C(=O)c1nc(C(C)C)ncc1NC. The van der Waals surface area contributed by atoms with Crippen LogP contribution in [0.25, 0.3) is 0 Å². The average Bonchev–Trinajstić information content (AvgIpc) is 3.29. The van der Waals surface area contributed by atoms with E-state index in [2.05, 4.69) is 22.2 Å². The van der Waals surface area contributed by atoms with Crippen molar-refractivity contribution in [2.24, 2.45) is 5.92 Å². The highest BCUT2D eigenvalue weighted by molar-refractivity contribution is 5.97. The number of carbonyl (C=O) groups excluding carboxylic acids is 1. The summed E-state index contributed by atoms with van der Waals surface area (Å²) in [6, 6.07) is 0. The molecule has 0 atom stereocenters. The molecule has 0 unspecified atom stereocenters. The Hall–Kier alpha value is -1.65. The Morgan fingerprint density at radius 3 is 2.71 bits per heavy atom. The predicted octanol–water partition coefficient (Wildman–Crippen LogP) is 2.90. The minimum absolute atomic E-state index is 0.0254. The van der Waals surface area contributed by atoms with Gasteiger partial charge in [0.2, 0.25) is 0 Å². The van der Waals surface area contributed by atoms with E-state index in [-0.39, 0.29) is 11.8 Å². The van der Waals surface area contributed by atoms with Gasteiger partial charge in [-0.15, -0.1) is 0 Å². The standard InChI is InChI=1S/C16H26N4O/c1-5-8-20(10-12-6-7-12)16(21)14-13(17-4)9-18-15(19-14)11(2)3/h9,11-12,17H,5-8,10H2,1-4H3. The van der Waals surface area contributed by atoms with Crippen LogP contribution in [0.3, 0.4) is 0 Å². The molecule has 1 fully saturated rings. The molecule has 5 heteroatoms. The van der Waals surface area contributed by atoms with Crippen LogP contribution in [0.1, 0.15) is 62.3 Å². The molecule has 5 nitrogen and oxygen atoms in total. The van der Waals surface area contributed by atoms with E-state index in [1.54, 1.807) is 13.2 Å². The minimum Gasteiger partial charge on any atom is -0.385 e. The number of amides is 1. The van der Waals surface area contributed by atoms with E-state index in [1.165, 1.54) is 12.8 Å². The Labute approximate surface area is 127 Å². The minimum atomic E-state index is 0.0254. The van der Waals surface area contributed by atoms with E-state index in [9.17, 15) is 4.79 Å². The number of aromatic nitrogens is 2. The van der Waals surface area contributed by atoms with E-state index in [0.29, 0.717) is 17.3 Å². The molecular formula is C16H26N4O.